The lowest BCUT2D eigenvalue weighted by molar-refractivity contribution is 0.153. The van der Waals surface area contributed by atoms with Crippen molar-refractivity contribution in [2.45, 2.75) is 25.2 Å². The van der Waals surface area contributed by atoms with Crippen molar-refractivity contribution in [1.82, 2.24) is 10.0 Å². The molecule has 0 aliphatic heterocycles. The minimum absolute atomic E-state index is 0.290. The van der Waals surface area contributed by atoms with Gasteiger partial charge in [-0.2, -0.15) is 0 Å². The molecular formula is C14H24N2O3S. The molecule has 0 saturated carbocycles. The zero-order valence-corrected chi connectivity index (χ0v) is 13.0. The molecule has 0 spiro atoms. The summed E-state index contributed by atoms with van der Waals surface area (Å²) < 4.78 is 31.6. The van der Waals surface area contributed by atoms with Crippen LogP contribution in [-0.2, 0) is 21.2 Å². The maximum absolute atomic E-state index is 12.0. The smallest absolute Gasteiger partial charge is 0.240 e. The molecule has 6 heteroatoms. The molecule has 0 fully saturated rings. The van der Waals surface area contributed by atoms with Crippen LogP contribution in [-0.4, -0.2) is 41.3 Å². The third-order valence-corrected chi connectivity index (χ3v) is 4.29. The van der Waals surface area contributed by atoms with Crippen molar-refractivity contribution in [1.29, 1.82) is 0 Å². The fraction of sp³-hybridized carbons (Fsp3) is 0.571. The molecule has 0 aliphatic rings. The average molecular weight is 300 g/mol. The van der Waals surface area contributed by atoms with Crippen molar-refractivity contribution in [3.8, 4) is 0 Å². The molecule has 20 heavy (non-hydrogen) atoms. The molecule has 0 saturated heterocycles. The summed E-state index contributed by atoms with van der Waals surface area (Å²) in [6.07, 6.45) is 0.895. The van der Waals surface area contributed by atoms with Crippen LogP contribution in [0.3, 0.4) is 0 Å². The van der Waals surface area contributed by atoms with Crippen LogP contribution in [0.1, 0.15) is 19.4 Å². The van der Waals surface area contributed by atoms with E-state index in [1.165, 1.54) is 0 Å². The second-order valence-electron chi connectivity index (χ2n) is 4.34. The predicted molar refractivity (Wildman–Crippen MR) is 80.4 cm³/mol. The van der Waals surface area contributed by atoms with Gasteiger partial charge in [-0.3, -0.25) is 0 Å². The van der Waals surface area contributed by atoms with Crippen molar-refractivity contribution in [3.63, 3.8) is 0 Å². The van der Waals surface area contributed by atoms with Crippen LogP contribution in [0.15, 0.2) is 29.2 Å². The molecule has 0 amide bonds. The van der Waals surface area contributed by atoms with E-state index >= 15 is 0 Å². The highest BCUT2D eigenvalue weighted by atomic mass is 32.2. The van der Waals surface area contributed by atoms with E-state index < -0.39 is 10.0 Å². The predicted octanol–water partition coefficient (Wildman–Crippen LogP) is 1.15. The fourth-order valence-corrected chi connectivity index (χ4v) is 2.73. The summed E-state index contributed by atoms with van der Waals surface area (Å²) in [6.45, 7) is 7.03. The first-order valence-corrected chi connectivity index (χ1v) is 8.45. The van der Waals surface area contributed by atoms with Crippen LogP contribution in [0, 0.1) is 0 Å². The fourth-order valence-electron chi connectivity index (χ4n) is 1.72. The monoisotopic (exact) mass is 300 g/mol. The number of benzene rings is 1. The van der Waals surface area contributed by atoms with Gasteiger partial charge in [0.1, 0.15) is 0 Å². The summed E-state index contributed by atoms with van der Waals surface area (Å²) in [5, 5.41) is 3.24. The van der Waals surface area contributed by atoms with Gasteiger partial charge in [-0.1, -0.05) is 19.1 Å². The van der Waals surface area contributed by atoms with Crippen molar-refractivity contribution in [3.05, 3.63) is 29.8 Å². The van der Waals surface area contributed by atoms with Gasteiger partial charge in [0.25, 0.3) is 0 Å². The molecule has 0 radical (unpaired) electrons. The maximum Gasteiger partial charge on any atom is 0.240 e. The first-order valence-electron chi connectivity index (χ1n) is 6.97. The largest absolute Gasteiger partial charge is 0.380 e. The van der Waals surface area contributed by atoms with Gasteiger partial charge < -0.3 is 10.1 Å². The van der Waals surface area contributed by atoms with Crippen LogP contribution in [0.4, 0.5) is 0 Å². The Balaban J connectivity index is 2.53. The van der Waals surface area contributed by atoms with Gasteiger partial charge in [0.15, 0.2) is 0 Å². The highest BCUT2D eigenvalue weighted by Crippen LogP contribution is 2.10. The Kier molecular flexibility index (Phi) is 7.76. The molecule has 1 rings (SSSR count). The van der Waals surface area contributed by atoms with Crippen LogP contribution < -0.4 is 10.0 Å². The Morgan fingerprint density at radius 3 is 2.40 bits per heavy atom. The van der Waals surface area contributed by atoms with Gasteiger partial charge in [0, 0.05) is 13.2 Å². The van der Waals surface area contributed by atoms with E-state index in [1.54, 1.807) is 12.1 Å². The Morgan fingerprint density at radius 2 is 1.80 bits per heavy atom. The molecule has 1 aromatic carbocycles. The van der Waals surface area contributed by atoms with Crippen molar-refractivity contribution < 1.29 is 13.2 Å². The molecule has 0 aromatic heterocycles. The summed E-state index contributed by atoms with van der Waals surface area (Å²) in [4.78, 5) is 0.293. The standard InChI is InChI=1S/C14H24N2O3S/c1-3-15-10-9-13-5-7-14(8-6-13)20(17,18)16-11-12-19-4-2/h5-8,15-16H,3-4,9-12H2,1-2H3. The molecule has 0 atom stereocenters. The van der Waals surface area contributed by atoms with E-state index in [2.05, 4.69) is 17.0 Å². The van der Waals surface area contributed by atoms with Gasteiger partial charge in [0.2, 0.25) is 10.0 Å². The molecule has 0 bridgehead atoms. The average Bonchev–Trinajstić information content (AvgIpc) is 2.45. The number of hydrogen-bond donors (Lipinski definition) is 2. The number of sulfonamides is 1. The third-order valence-electron chi connectivity index (χ3n) is 2.82. The van der Waals surface area contributed by atoms with E-state index in [0.717, 1.165) is 25.1 Å². The zero-order valence-electron chi connectivity index (χ0n) is 12.2. The Bertz CT molecular complexity index is 472. The zero-order chi connectivity index (χ0) is 14.8. The topological polar surface area (TPSA) is 67.4 Å². The molecule has 0 aliphatic carbocycles. The first-order chi connectivity index (χ1) is 9.60. The van der Waals surface area contributed by atoms with Crippen molar-refractivity contribution in [2.24, 2.45) is 0 Å². The summed E-state index contributed by atoms with van der Waals surface area (Å²) in [6, 6.07) is 7.00. The van der Waals surface area contributed by atoms with E-state index in [-0.39, 0.29) is 0 Å². The van der Waals surface area contributed by atoms with Crippen LogP contribution in [0.5, 0.6) is 0 Å². The molecule has 5 nitrogen and oxygen atoms in total. The Labute approximate surface area is 121 Å². The minimum atomic E-state index is -3.43. The molecule has 0 unspecified atom stereocenters. The van der Waals surface area contributed by atoms with E-state index in [0.29, 0.717) is 24.7 Å². The Hall–Kier alpha value is -0.950. The SMILES string of the molecule is CCNCCc1ccc(S(=O)(=O)NCCOCC)cc1. The summed E-state index contributed by atoms with van der Waals surface area (Å²) >= 11 is 0. The second kappa shape index (κ2) is 9.07. The number of hydrogen-bond acceptors (Lipinski definition) is 4. The van der Waals surface area contributed by atoms with Crippen LogP contribution in [0.2, 0.25) is 0 Å². The lowest BCUT2D eigenvalue weighted by atomic mass is 10.1. The highest BCUT2D eigenvalue weighted by molar-refractivity contribution is 7.89. The van der Waals surface area contributed by atoms with Crippen molar-refractivity contribution in [2.75, 3.05) is 32.8 Å². The Morgan fingerprint density at radius 1 is 1.10 bits per heavy atom. The number of ether oxygens (including phenoxy) is 1. The molecule has 114 valence electrons. The highest BCUT2D eigenvalue weighted by Gasteiger charge is 2.12. The third kappa shape index (κ3) is 6.00. The number of nitrogens with one attached hydrogen (secondary N) is 2. The van der Waals surface area contributed by atoms with Crippen molar-refractivity contribution >= 4 is 10.0 Å². The normalized spacial score (nSPS) is 11.7. The summed E-state index contributed by atoms with van der Waals surface area (Å²) in [5.41, 5.74) is 1.12. The number of rotatable bonds is 10. The molecule has 1 aromatic rings. The minimum Gasteiger partial charge on any atom is -0.380 e. The summed E-state index contributed by atoms with van der Waals surface area (Å²) in [7, 11) is -3.43. The van der Waals surface area contributed by atoms with Gasteiger partial charge in [-0.25, -0.2) is 13.1 Å². The van der Waals surface area contributed by atoms with Crippen LogP contribution in [0.25, 0.3) is 0 Å². The van der Waals surface area contributed by atoms with Gasteiger partial charge >= 0.3 is 0 Å². The lowest BCUT2D eigenvalue weighted by Crippen LogP contribution is -2.27. The molecule has 0 heterocycles. The first kappa shape index (κ1) is 17.1. The lowest BCUT2D eigenvalue weighted by Gasteiger charge is -2.08. The van der Waals surface area contributed by atoms with Gasteiger partial charge in [-0.05, 0) is 44.1 Å². The van der Waals surface area contributed by atoms with Crippen LogP contribution >= 0.6 is 0 Å². The van der Waals surface area contributed by atoms with E-state index in [4.69, 9.17) is 4.74 Å². The van der Waals surface area contributed by atoms with Gasteiger partial charge in [-0.15, -0.1) is 0 Å². The van der Waals surface area contributed by atoms with E-state index in [1.807, 2.05) is 19.1 Å². The van der Waals surface area contributed by atoms with Gasteiger partial charge in [0.05, 0.1) is 11.5 Å². The molecular weight excluding hydrogens is 276 g/mol. The molecule has 2 N–H and O–H groups in total. The quantitative estimate of drug-likeness (QED) is 0.636. The number of likely N-dealkylation sites (N-methyl/N-ethyl adjacent to an activating group) is 1. The van der Waals surface area contributed by atoms with E-state index in [9.17, 15) is 8.42 Å². The summed E-state index contributed by atoms with van der Waals surface area (Å²) in [5.74, 6) is 0. The second-order valence-corrected chi connectivity index (χ2v) is 6.11. The maximum atomic E-state index is 12.0.